The Morgan fingerprint density at radius 1 is 1.03 bits per heavy atom. The van der Waals surface area contributed by atoms with Crippen LogP contribution in [0.3, 0.4) is 0 Å². The second-order valence-corrected chi connectivity index (χ2v) is 7.44. The van der Waals surface area contributed by atoms with Crippen LogP contribution in [-0.2, 0) is 6.54 Å². The predicted octanol–water partition coefficient (Wildman–Crippen LogP) is 3.43. The van der Waals surface area contributed by atoms with E-state index in [-0.39, 0.29) is 11.1 Å². The van der Waals surface area contributed by atoms with Crippen LogP contribution in [0.25, 0.3) is 27.5 Å². The molecule has 5 aromatic rings. The highest BCUT2D eigenvalue weighted by Gasteiger charge is 2.17. The van der Waals surface area contributed by atoms with Gasteiger partial charge in [0, 0.05) is 34.6 Å². The van der Waals surface area contributed by atoms with Gasteiger partial charge in [0.1, 0.15) is 0 Å². The third-order valence-electron chi connectivity index (χ3n) is 5.19. The molecular weight excluding hydrogens is 402 g/mol. The van der Waals surface area contributed by atoms with E-state index in [0.717, 1.165) is 11.1 Å². The van der Waals surface area contributed by atoms with Crippen molar-refractivity contribution < 1.29 is 0 Å². The maximum atomic E-state index is 13.3. The fourth-order valence-electron chi connectivity index (χ4n) is 3.73. The monoisotopic (exact) mass is 417 g/mol. The number of H-pyrrole nitrogens is 1. The number of aryl methyl sites for hydroxylation is 1. The summed E-state index contributed by atoms with van der Waals surface area (Å²) in [7, 11) is 0. The Labute approximate surface area is 175 Å². The summed E-state index contributed by atoms with van der Waals surface area (Å²) >= 11 is 6.08. The molecule has 8 heteroatoms. The Bertz CT molecular complexity index is 1530. The molecule has 0 bridgehead atoms. The summed E-state index contributed by atoms with van der Waals surface area (Å²) in [5.74, 6) is 0. The lowest BCUT2D eigenvalue weighted by Crippen LogP contribution is -2.24. The van der Waals surface area contributed by atoms with Crippen molar-refractivity contribution >= 4 is 33.4 Å². The van der Waals surface area contributed by atoms with E-state index < -0.39 is 0 Å². The van der Waals surface area contributed by atoms with Crippen molar-refractivity contribution in [1.82, 2.24) is 24.3 Å². The van der Waals surface area contributed by atoms with Gasteiger partial charge in [-0.15, -0.1) is 0 Å². The molecule has 0 aliphatic rings. The fourth-order valence-corrected chi connectivity index (χ4v) is 3.90. The van der Waals surface area contributed by atoms with Gasteiger partial charge in [0.2, 0.25) is 0 Å². The highest BCUT2D eigenvalue weighted by atomic mass is 35.5. The third kappa shape index (κ3) is 2.91. The zero-order valence-electron chi connectivity index (χ0n) is 16.0. The summed E-state index contributed by atoms with van der Waals surface area (Å²) in [6.45, 7) is 2.07. The molecule has 0 amide bonds. The molecule has 0 saturated heterocycles. The Morgan fingerprint density at radius 3 is 2.70 bits per heavy atom. The van der Waals surface area contributed by atoms with Crippen molar-refractivity contribution in [1.29, 1.82) is 0 Å². The average Bonchev–Trinajstić information content (AvgIpc) is 3.07. The van der Waals surface area contributed by atoms with E-state index in [2.05, 4.69) is 15.1 Å². The van der Waals surface area contributed by atoms with Crippen LogP contribution < -0.4 is 11.1 Å². The molecule has 1 aromatic carbocycles. The highest BCUT2D eigenvalue weighted by molar-refractivity contribution is 6.31. The molecule has 5 rings (SSSR count). The summed E-state index contributed by atoms with van der Waals surface area (Å²) in [4.78, 5) is 34.7. The van der Waals surface area contributed by atoms with E-state index in [1.54, 1.807) is 42.1 Å². The molecule has 0 radical (unpaired) electrons. The lowest BCUT2D eigenvalue weighted by molar-refractivity contribution is 0.720. The second-order valence-electron chi connectivity index (χ2n) is 7.01. The molecule has 4 heterocycles. The van der Waals surface area contributed by atoms with E-state index in [1.807, 2.05) is 24.3 Å². The van der Waals surface area contributed by atoms with Crippen LogP contribution in [0.5, 0.6) is 0 Å². The van der Waals surface area contributed by atoms with Crippen molar-refractivity contribution in [2.45, 2.75) is 13.5 Å². The first-order chi connectivity index (χ1) is 14.5. The molecule has 0 spiro atoms. The van der Waals surface area contributed by atoms with Gasteiger partial charge in [0.05, 0.1) is 34.3 Å². The number of benzene rings is 1. The number of fused-ring (bicyclic) bond motifs is 2. The number of hydrogen-bond donors (Lipinski definition) is 1. The van der Waals surface area contributed by atoms with E-state index in [9.17, 15) is 9.59 Å². The van der Waals surface area contributed by atoms with Crippen LogP contribution in [0.2, 0.25) is 5.02 Å². The molecule has 7 nitrogen and oxygen atoms in total. The van der Waals surface area contributed by atoms with Crippen molar-refractivity contribution in [3.05, 3.63) is 98.0 Å². The normalized spacial score (nSPS) is 11.4. The van der Waals surface area contributed by atoms with Gasteiger partial charge in [0.15, 0.2) is 0 Å². The standard InChI is InChI=1S/C22H16ClN5O2/c1-13-21-18(11-20(29)27(13)12-15-4-2-3-8-24-15)26-28(22(21)30)19-7-9-25-17-10-14(23)5-6-16(17)19/h2-11,26H,12H2,1H3. The molecule has 0 fully saturated rings. The lowest BCUT2D eigenvalue weighted by Gasteiger charge is -2.09. The molecule has 148 valence electrons. The topological polar surface area (TPSA) is 85.6 Å². The summed E-state index contributed by atoms with van der Waals surface area (Å²) in [5.41, 5.74) is 2.70. The number of rotatable bonds is 3. The van der Waals surface area contributed by atoms with Gasteiger partial charge in [0.25, 0.3) is 11.1 Å². The Kier molecular flexibility index (Phi) is 4.25. The van der Waals surface area contributed by atoms with E-state index >= 15 is 0 Å². The zero-order valence-corrected chi connectivity index (χ0v) is 16.7. The maximum Gasteiger partial charge on any atom is 0.280 e. The maximum absolute atomic E-state index is 13.3. The van der Waals surface area contributed by atoms with Gasteiger partial charge >= 0.3 is 0 Å². The molecule has 4 aromatic heterocycles. The molecule has 0 unspecified atom stereocenters. The minimum atomic E-state index is -0.236. The number of aromatic nitrogens is 5. The quantitative estimate of drug-likeness (QED) is 0.487. The second kappa shape index (κ2) is 6.96. The highest BCUT2D eigenvalue weighted by Crippen LogP contribution is 2.23. The predicted molar refractivity (Wildman–Crippen MR) is 117 cm³/mol. The molecule has 1 N–H and O–H groups in total. The summed E-state index contributed by atoms with van der Waals surface area (Å²) in [5, 5.41) is 4.88. The largest absolute Gasteiger partial charge is 0.306 e. The van der Waals surface area contributed by atoms with Crippen molar-refractivity contribution in [2.75, 3.05) is 0 Å². The SMILES string of the molecule is Cc1c2c(=O)n(-c3ccnc4cc(Cl)ccc34)[nH]c2cc(=O)n1Cc1ccccn1. The zero-order chi connectivity index (χ0) is 20.8. The number of aromatic amines is 1. The van der Waals surface area contributed by atoms with Crippen molar-refractivity contribution in [3.63, 3.8) is 0 Å². The smallest absolute Gasteiger partial charge is 0.280 e. The van der Waals surface area contributed by atoms with E-state index in [0.29, 0.717) is 39.4 Å². The molecule has 30 heavy (non-hydrogen) atoms. The van der Waals surface area contributed by atoms with Crippen LogP contribution in [0.1, 0.15) is 11.4 Å². The van der Waals surface area contributed by atoms with E-state index in [1.165, 1.54) is 10.7 Å². The van der Waals surface area contributed by atoms with Crippen LogP contribution in [0.15, 0.2) is 70.5 Å². The first kappa shape index (κ1) is 18.3. The molecule has 0 saturated carbocycles. The molecular formula is C22H16ClN5O2. The van der Waals surface area contributed by atoms with Gasteiger partial charge in [-0.1, -0.05) is 17.7 Å². The van der Waals surface area contributed by atoms with Gasteiger partial charge in [-0.3, -0.25) is 24.7 Å². The first-order valence-corrected chi connectivity index (χ1v) is 9.70. The Balaban J connectivity index is 1.74. The fraction of sp³-hybridized carbons (Fsp3) is 0.0909. The van der Waals surface area contributed by atoms with Gasteiger partial charge in [-0.2, -0.15) is 0 Å². The summed E-state index contributed by atoms with van der Waals surface area (Å²) < 4.78 is 3.01. The number of hydrogen-bond acceptors (Lipinski definition) is 4. The van der Waals surface area contributed by atoms with Crippen LogP contribution >= 0.6 is 11.6 Å². The van der Waals surface area contributed by atoms with Crippen LogP contribution in [-0.4, -0.2) is 24.3 Å². The van der Waals surface area contributed by atoms with E-state index in [4.69, 9.17) is 11.6 Å². The average molecular weight is 418 g/mol. The number of halogens is 1. The molecule has 0 aliphatic carbocycles. The first-order valence-electron chi connectivity index (χ1n) is 9.32. The summed E-state index contributed by atoms with van der Waals surface area (Å²) in [6.07, 6.45) is 3.30. The van der Waals surface area contributed by atoms with Gasteiger partial charge in [-0.05, 0) is 43.3 Å². The Hall–Kier alpha value is -3.71. The summed E-state index contributed by atoms with van der Waals surface area (Å²) in [6, 6.07) is 14.1. The Morgan fingerprint density at radius 2 is 1.90 bits per heavy atom. The number of nitrogens with one attached hydrogen (secondary N) is 1. The van der Waals surface area contributed by atoms with Crippen molar-refractivity contribution in [3.8, 4) is 5.69 Å². The number of pyridine rings is 3. The van der Waals surface area contributed by atoms with Gasteiger partial charge in [-0.25, -0.2) is 4.68 Å². The molecule has 0 atom stereocenters. The number of nitrogens with zero attached hydrogens (tertiary/aromatic N) is 4. The van der Waals surface area contributed by atoms with Gasteiger partial charge < -0.3 is 4.57 Å². The lowest BCUT2D eigenvalue weighted by atomic mass is 10.2. The third-order valence-corrected chi connectivity index (χ3v) is 5.42. The van der Waals surface area contributed by atoms with Crippen LogP contribution in [0, 0.1) is 6.92 Å². The molecule has 0 aliphatic heterocycles. The minimum Gasteiger partial charge on any atom is -0.306 e. The minimum absolute atomic E-state index is 0.203. The van der Waals surface area contributed by atoms with Crippen molar-refractivity contribution in [2.24, 2.45) is 0 Å². The van der Waals surface area contributed by atoms with Crippen LogP contribution in [0.4, 0.5) is 0 Å².